The van der Waals surface area contributed by atoms with E-state index in [4.69, 9.17) is 0 Å². The van der Waals surface area contributed by atoms with Crippen molar-refractivity contribution in [3.8, 4) is 0 Å². The smallest absolute Gasteiger partial charge is 2.00 e. The molecule has 0 aromatic heterocycles. The molecule has 0 fully saturated rings. The summed E-state index contributed by atoms with van der Waals surface area (Å²) in [6, 6.07) is 0. The van der Waals surface area contributed by atoms with Gasteiger partial charge in [-0.2, -0.15) is 0 Å². The van der Waals surface area contributed by atoms with Crippen molar-refractivity contribution in [2.75, 3.05) is 0 Å². The van der Waals surface area contributed by atoms with Crippen LogP contribution in [0.2, 0.25) is 0 Å². The maximum atomic E-state index is 0. The first kappa shape index (κ1) is 33.3. The normalized spacial score (nSPS) is 0. The van der Waals surface area contributed by atoms with Crippen LogP contribution in [0.1, 0.15) is 0 Å². The summed E-state index contributed by atoms with van der Waals surface area (Å²) in [6.45, 7) is 0. The largest absolute Gasteiger partial charge is 5.00 e. The topological polar surface area (TPSA) is 0 Å². The third kappa shape index (κ3) is 8.85. The Bertz CT molecular complexity index is 8.00. The van der Waals surface area contributed by atoms with Crippen LogP contribution >= 0.6 is 0 Å². The fourth-order valence-corrected chi connectivity index (χ4v) is 0. The number of rotatable bonds is 0. The fourth-order valence-electron chi connectivity index (χ4n) is 0. The first-order valence-electron chi connectivity index (χ1n) is 0. The third-order valence-corrected chi connectivity index (χ3v) is 0. The second kappa shape index (κ2) is 18.5. The molecular weight excluding hydrogens is 258 g/mol. The van der Waals surface area contributed by atoms with Crippen molar-refractivity contribution in [1.82, 2.24) is 0 Å². The van der Waals surface area contributed by atoms with Gasteiger partial charge < -0.3 is 0 Å². The Balaban J connectivity index is 0. The van der Waals surface area contributed by atoms with Gasteiger partial charge in [0.2, 0.25) is 0 Å². The molecule has 0 amide bonds. The van der Waals surface area contributed by atoms with Crippen molar-refractivity contribution in [1.29, 1.82) is 0 Å². The standard InChI is InChI=1S/Co.Cr.Mo.V/q+2;+3;+4;+5. The van der Waals surface area contributed by atoms with E-state index in [1.807, 2.05) is 0 Å². The van der Waals surface area contributed by atoms with Gasteiger partial charge in [-0.05, 0) is 0 Å². The van der Waals surface area contributed by atoms with Gasteiger partial charge in [0.25, 0.3) is 0 Å². The van der Waals surface area contributed by atoms with Gasteiger partial charge in [0, 0.05) is 0 Å². The second-order valence-electron chi connectivity index (χ2n) is 0. The van der Waals surface area contributed by atoms with Crippen LogP contribution in [0.25, 0.3) is 0 Å². The van der Waals surface area contributed by atoms with Gasteiger partial charge in [0.15, 0.2) is 0 Å². The van der Waals surface area contributed by atoms with E-state index < -0.39 is 0 Å². The van der Waals surface area contributed by atoms with Crippen molar-refractivity contribution in [2.24, 2.45) is 0 Å². The Morgan fingerprint density at radius 3 is 1.00 bits per heavy atom. The molecule has 0 saturated heterocycles. The zero-order chi connectivity index (χ0) is 0. The van der Waals surface area contributed by atoms with Crippen molar-refractivity contribution in [3.63, 3.8) is 0 Å². The molecule has 0 aliphatic carbocycles. The van der Waals surface area contributed by atoms with E-state index in [1.54, 1.807) is 0 Å². The predicted molar refractivity (Wildman–Crippen MR) is 0 cm³/mol. The van der Waals surface area contributed by atoms with Gasteiger partial charge in [0.05, 0.1) is 0 Å². The number of hydrogen-bond acceptors (Lipinski definition) is 0. The first-order chi connectivity index (χ1) is 0. The summed E-state index contributed by atoms with van der Waals surface area (Å²) >= 11 is 0. The van der Waals surface area contributed by atoms with Crippen molar-refractivity contribution in [2.45, 2.75) is 0 Å². The van der Waals surface area contributed by atoms with Crippen molar-refractivity contribution < 1.29 is 73.8 Å². The molecule has 0 saturated carbocycles. The van der Waals surface area contributed by atoms with Crippen LogP contribution in [-0.2, 0) is 73.8 Å². The summed E-state index contributed by atoms with van der Waals surface area (Å²) in [5.41, 5.74) is 0. The van der Waals surface area contributed by atoms with Gasteiger partial charge in [-0.1, -0.05) is 0 Å². The van der Waals surface area contributed by atoms with E-state index in [2.05, 4.69) is 0 Å². The molecule has 0 spiro atoms. The van der Waals surface area contributed by atoms with Gasteiger partial charge in [-0.3, -0.25) is 0 Å². The van der Waals surface area contributed by atoms with Crippen LogP contribution < -0.4 is 0 Å². The number of hydrogen-bond donors (Lipinski definition) is 0. The summed E-state index contributed by atoms with van der Waals surface area (Å²) in [4.78, 5) is 0. The van der Waals surface area contributed by atoms with Crippen LogP contribution in [0.15, 0.2) is 0 Å². The molecular formula is CoCrMoV+14. The van der Waals surface area contributed by atoms with E-state index in [1.165, 1.54) is 0 Å². The molecule has 0 rings (SSSR count). The molecule has 0 atom stereocenters. The zero-order valence-corrected chi connectivity index (χ0v) is 7.32. The summed E-state index contributed by atoms with van der Waals surface area (Å²) in [5.74, 6) is 0. The Morgan fingerprint density at radius 1 is 1.00 bits per heavy atom. The molecule has 0 nitrogen and oxygen atoms in total. The summed E-state index contributed by atoms with van der Waals surface area (Å²) in [6.07, 6.45) is 0. The maximum Gasteiger partial charge on any atom is 5.00 e. The first-order valence-corrected chi connectivity index (χ1v) is 0. The van der Waals surface area contributed by atoms with Gasteiger partial charge in [-0.15, -0.1) is 0 Å². The Morgan fingerprint density at radius 2 is 1.00 bits per heavy atom. The van der Waals surface area contributed by atoms with Gasteiger partial charge in [-0.25, -0.2) is 0 Å². The van der Waals surface area contributed by atoms with Crippen LogP contribution in [0.3, 0.4) is 0 Å². The van der Waals surface area contributed by atoms with Crippen LogP contribution in [-0.4, -0.2) is 0 Å². The molecule has 0 aromatic rings. The minimum atomic E-state index is 0. The molecule has 0 aliphatic rings. The molecule has 0 N–H and O–H groups in total. The molecule has 12 valence electrons. The third-order valence-electron chi connectivity index (χ3n) is 0. The predicted octanol–water partition coefficient (Wildman–Crippen LogP) is -0.0100. The molecule has 4 heteroatoms. The van der Waals surface area contributed by atoms with Crippen LogP contribution in [0.4, 0.5) is 0 Å². The summed E-state index contributed by atoms with van der Waals surface area (Å²) in [5, 5.41) is 0. The quantitative estimate of drug-likeness (QED) is 0.536. The minimum absolute atomic E-state index is 0. The summed E-state index contributed by atoms with van der Waals surface area (Å²) in [7, 11) is 0. The maximum absolute atomic E-state index is 0. The van der Waals surface area contributed by atoms with Crippen LogP contribution in [0, 0.1) is 0 Å². The second-order valence-corrected chi connectivity index (χ2v) is 0. The molecule has 0 aromatic carbocycles. The Hall–Kier alpha value is 2.31. The molecule has 0 bridgehead atoms. The van der Waals surface area contributed by atoms with Crippen LogP contribution in [0.5, 0.6) is 0 Å². The Kier molecular flexibility index (Phi) is 154. The average Bonchev–Trinajstić information content (AvgIpc) is 0. The van der Waals surface area contributed by atoms with Crippen molar-refractivity contribution in [3.05, 3.63) is 0 Å². The monoisotopic (exact) mass is 260 g/mol. The summed E-state index contributed by atoms with van der Waals surface area (Å²) < 4.78 is 0. The van der Waals surface area contributed by atoms with E-state index in [-0.39, 0.29) is 73.8 Å². The zero-order valence-electron chi connectivity index (χ0n) is 1.60. The average molecular weight is 258 g/mol. The molecule has 2 radical (unpaired) electrons. The molecule has 0 heterocycles. The van der Waals surface area contributed by atoms with Gasteiger partial charge in [0.1, 0.15) is 0 Å². The van der Waals surface area contributed by atoms with E-state index >= 15 is 0 Å². The Labute approximate surface area is 73.0 Å². The van der Waals surface area contributed by atoms with Crippen molar-refractivity contribution >= 4 is 0 Å². The van der Waals surface area contributed by atoms with E-state index in [0.29, 0.717) is 0 Å². The molecule has 4 heavy (non-hydrogen) atoms. The molecule has 0 unspecified atom stereocenters. The minimum Gasteiger partial charge on any atom is 2.00 e. The fraction of sp³-hybridized carbons (Fsp3) is 0. The van der Waals surface area contributed by atoms with E-state index in [9.17, 15) is 0 Å². The van der Waals surface area contributed by atoms with Gasteiger partial charge >= 0.3 is 73.8 Å². The van der Waals surface area contributed by atoms with E-state index in [0.717, 1.165) is 0 Å². The molecule has 0 aliphatic heterocycles. The SMILES string of the molecule is [Co+2].[Cr+3].[Mo+4].[V+5].